The summed E-state index contributed by atoms with van der Waals surface area (Å²) in [5, 5.41) is 2.77. The average Bonchev–Trinajstić information content (AvgIpc) is 3.02. The summed E-state index contributed by atoms with van der Waals surface area (Å²) in [5.41, 5.74) is -0.748. The van der Waals surface area contributed by atoms with Gasteiger partial charge in [-0.15, -0.1) is 0 Å². The Morgan fingerprint density at radius 1 is 1.14 bits per heavy atom. The van der Waals surface area contributed by atoms with Gasteiger partial charge in [0.25, 0.3) is 5.91 Å². The van der Waals surface area contributed by atoms with Crippen molar-refractivity contribution in [3.05, 3.63) is 0 Å². The molecule has 1 N–H and O–H groups in total. The Balaban J connectivity index is 1.58. The van der Waals surface area contributed by atoms with Crippen LogP contribution in [0, 0.1) is 0 Å². The summed E-state index contributed by atoms with van der Waals surface area (Å²) in [5.74, 6) is -0.731. The van der Waals surface area contributed by atoms with E-state index >= 15 is 0 Å². The number of carbonyl (C=O) groups is 3. The summed E-state index contributed by atoms with van der Waals surface area (Å²) in [6, 6.07) is -0.456. The van der Waals surface area contributed by atoms with E-state index in [0.717, 1.165) is 43.4 Å². The van der Waals surface area contributed by atoms with Crippen molar-refractivity contribution < 1.29 is 19.1 Å². The van der Waals surface area contributed by atoms with Gasteiger partial charge in [0.15, 0.2) is 0 Å². The fourth-order valence-electron chi connectivity index (χ4n) is 3.67. The molecule has 0 atom stereocenters. The fourth-order valence-corrected chi connectivity index (χ4v) is 3.67. The second kappa shape index (κ2) is 5.66. The van der Waals surface area contributed by atoms with Crippen molar-refractivity contribution in [3.8, 4) is 0 Å². The monoisotopic (exact) mass is 294 g/mol. The zero-order valence-electron chi connectivity index (χ0n) is 12.2. The molecule has 21 heavy (non-hydrogen) atoms. The van der Waals surface area contributed by atoms with Crippen LogP contribution >= 0.6 is 0 Å². The highest BCUT2D eigenvalue weighted by atomic mass is 16.5. The number of nitrogens with one attached hydrogen (secondary N) is 1. The number of esters is 1. The normalized spacial score (nSPS) is 25.4. The van der Waals surface area contributed by atoms with E-state index in [1.807, 2.05) is 0 Å². The smallest absolute Gasteiger partial charge is 0.326 e. The van der Waals surface area contributed by atoms with Crippen LogP contribution in [-0.2, 0) is 14.3 Å². The molecule has 6 heteroatoms. The van der Waals surface area contributed by atoms with Crippen LogP contribution in [0.25, 0.3) is 0 Å². The van der Waals surface area contributed by atoms with Gasteiger partial charge in [-0.25, -0.2) is 4.79 Å². The van der Waals surface area contributed by atoms with Crippen molar-refractivity contribution in [2.75, 3.05) is 6.54 Å². The van der Waals surface area contributed by atoms with Crippen LogP contribution in [0.5, 0.6) is 0 Å². The van der Waals surface area contributed by atoms with Gasteiger partial charge in [-0.3, -0.25) is 14.5 Å². The third-order valence-electron chi connectivity index (χ3n) is 4.84. The number of hydrogen-bond acceptors (Lipinski definition) is 4. The largest absolute Gasteiger partial charge is 0.461 e. The van der Waals surface area contributed by atoms with E-state index in [2.05, 4.69) is 5.32 Å². The third-order valence-corrected chi connectivity index (χ3v) is 4.84. The predicted octanol–water partition coefficient (Wildman–Crippen LogP) is 1.73. The first kappa shape index (κ1) is 14.4. The maximum Gasteiger partial charge on any atom is 0.326 e. The van der Waals surface area contributed by atoms with Crippen molar-refractivity contribution in [2.24, 2.45) is 0 Å². The second-order valence-electron chi connectivity index (χ2n) is 6.36. The molecule has 1 heterocycles. The van der Waals surface area contributed by atoms with Crippen molar-refractivity contribution in [1.29, 1.82) is 0 Å². The lowest BCUT2D eigenvalue weighted by Crippen LogP contribution is -2.44. The standard InChI is InChI=1S/C15H22N2O4/c18-12(21-11-6-2-1-3-7-11)10-17-13(19)15(16-14(17)20)8-4-5-9-15/h11H,1-10H2,(H,16,20). The van der Waals surface area contributed by atoms with Gasteiger partial charge in [-0.2, -0.15) is 0 Å². The van der Waals surface area contributed by atoms with Gasteiger partial charge >= 0.3 is 12.0 Å². The molecule has 116 valence electrons. The molecule has 0 unspecified atom stereocenters. The maximum atomic E-state index is 12.4. The van der Waals surface area contributed by atoms with E-state index in [-0.39, 0.29) is 18.6 Å². The van der Waals surface area contributed by atoms with Crippen LogP contribution < -0.4 is 5.32 Å². The van der Waals surface area contributed by atoms with E-state index in [0.29, 0.717) is 12.8 Å². The van der Waals surface area contributed by atoms with Crippen LogP contribution in [0.4, 0.5) is 4.79 Å². The van der Waals surface area contributed by atoms with E-state index in [1.165, 1.54) is 6.42 Å². The number of carbonyl (C=O) groups excluding carboxylic acids is 3. The van der Waals surface area contributed by atoms with Crippen LogP contribution in [0.2, 0.25) is 0 Å². The van der Waals surface area contributed by atoms with Crippen molar-refractivity contribution >= 4 is 17.9 Å². The minimum absolute atomic E-state index is 0.0487. The Morgan fingerprint density at radius 3 is 2.48 bits per heavy atom. The topological polar surface area (TPSA) is 75.7 Å². The molecule has 6 nitrogen and oxygen atoms in total. The minimum Gasteiger partial charge on any atom is -0.461 e. The highest BCUT2D eigenvalue weighted by Crippen LogP contribution is 2.35. The summed E-state index contributed by atoms with van der Waals surface area (Å²) in [6.45, 7) is -0.261. The van der Waals surface area contributed by atoms with Gasteiger partial charge in [-0.05, 0) is 38.5 Å². The number of nitrogens with zero attached hydrogens (tertiary/aromatic N) is 1. The third kappa shape index (κ3) is 2.76. The van der Waals surface area contributed by atoms with Gasteiger partial charge in [0.05, 0.1) is 0 Å². The van der Waals surface area contributed by atoms with E-state index in [9.17, 15) is 14.4 Å². The average molecular weight is 294 g/mol. The predicted molar refractivity (Wildman–Crippen MR) is 74.4 cm³/mol. The second-order valence-corrected chi connectivity index (χ2v) is 6.36. The Labute approximate surface area is 124 Å². The van der Waals surface area contributed by atoms with Gasteiger partial charge < -0.3 is 10.1 Å². The maximum absolute atomic E-state index is 12.4. The molecule has 3 fully saturated rings. The van der Waals surface area contributed by atoms with Crippen molar-refractivity contribution in [1.82, 2.24) is 10.2 Å². The van der Waals surface area contributed by atoms with Crippen LogP contribution in [-0.4, -0.2) is 41.0 Å². The Hall–Kier alpha value is -1.59. The first-order valence-electron chi connectivity index (χ1n) is 7.94. The Kier molecular flexibility index (Phi) is 3.87. The highest BCUT2D eigenvalue weighted by Gasteiger charge is 2.52. The first-order chi connectivity index (χ1) is 10.1. The molecule has 2 saturated carbocycles. The molecule has 0 aromatic heterocycles. The van der Waals surface area contributed by atoms with Gasteiger partial charge in [0.1, 0.15) is 18.2 Å². The molecule has 3 aliphatic rings. The van der Waals surface area contributed by atoms with E-state index in [4.69, 9.17) is 4.74 Å². The van der Waals surface area contributed by atoms with E-state index in [1.54, 1.807) is 0 Å². The lowest BCUT2D eigenvalue weighted by atomic mass is 9.98. The van der Waals surface area contributed by atoms with Crippen LogP contribution in [0.15, 0.2) is 0 Å². The van der Waals surface area contributed by atoms with Crippen LogP contribution in [0.1, 0.15) is 57.8 Å². The summed E-state index contributed by atoms with van der Waals surface area (Å²) in [4.78, 5) is 37.4. The summed E-state index contributed by atoms with van der Waals surface area (Å²) < 4.78 is 5.39. The van der Waals surface area contributed by atoms with Gasteiger partial charge in [0, 0.05) is 0 Å². The molecule has 1 spiro atoms. The fraction of sp³-hybridized carbons (Fsp3) is 0.800. The zero-order chi connectivity index (χ0) is 14.9. The minimum atomic E-state index is -0.748. The summed E-state index contributed by atoms with van der Waals surface area (Å²) in [7, 11) is 0. The number of rotatable bonds is 3. The molecule has 0 radical (unpaired) electrons. The molecular weight excluding hydrogens is 272 g/mol. The SMILES string of the molecule is O=C(CN1C(=O)NC2(CCCC2)C1=O)OC1CCCCC1. The highest BCUT2D eigenvalue weighted by molar-refractivity contribution is 6.08. The quantitative estimate of drug-likeness (QED) is 0.635. The van der Waals surface area contributed by atoms with E-state index < -0.39 is 17.5 Å². The molecule has 3 amide bonds. The number of ether oxygens (including phenoxy) is 1. The van der Waals surface area contributed by atoms with Crippen molar-refractivity contribution in [2.45, 2.75) is 69.4 Å². The molecule has 0 aromatic rings. The summed E-state index contributed by atoms with van der Waals surface area (Å²) in [6.07, 6.45) is 8.27. The van der Waals surface area contributed by atoms with Gasteiger partial charge in [-0.1, -0.05) is 19.3 Å². The molecule has 1 saturated heterocycles. The van der Waals surface area contributed by atoms with Crippen molar-refractivity contribution in [3.63, 3.8) is 0 Å². The number of hydrogen-bond donors (Lipinski definition) is 1. The molecule has 0 bridgehead atoms. The van der Waals surface area contributed by atoms with Crippen LogP contribution in [0.3, 0.4) is 0 Å². The molecule has 1 aliphatic heterocycles. The molecule has 0 aromatic carbocycles. The Morgan fingerprint density at radius 2 is 1.81 bits per heavy atom. The zero-order valence-corrected chi connectivity index (χ0v) is 12.2. The summed E-state index contributed by atoms with van der Waals surface area (Å²) >= 11 is 0. The first-order valence-corrected chi connectivity index (χ1v) is 7.94. The number of urea groups is 1. The molecular formula is C15H22N2O4. The lowest BCUT2D eigenvalue weighted by Gasteiger charge is -2.23. The number of imide groups is 1. The van der Waals surface area contributed by atoms with Gasteiger partial charge in [0.2, 0.25) is 0 Å². The number of amides is 3. The molecule has 2 aliphatic carbocycles. The lowest BCUT2D eigenvalue weighted by molar-refractivity contribution is -0.153. The Bertz CT molecular complexity index is 451. The molecule has 3 rings (SSSR count).